The van der Waals surface area contributed by atoms with E-state index in [4.69, 9.17) is 14.2 Å². The highest BCUT2D eigenvalue weighted by atomic mass is 16.5. The van der Waals surface area contributed by atoms with Crippen molar-refractivity contribution in [3.63, 3.8) is 0 Å². The molecular weight excluding hydrogens is 304 g/mol. The van der Waals surface area contributed by atoms with Crippen molar-refractivity contribution in [2.75, 3.05) is 13.2 Å². The Labute approximate surface area is 143 Å². The Hall–Kier alpha value is -1.55. The van der Waals surface area contributed by atoms with E-state index in [2.05, 4.69) is 26.8 Å². The van der Waals surface area contributed by atoms with Gasteiger partial charge < -0.3 is 14.2 Å². The van der Waals surface area contributed by atoms with Gasteiger partial charge in [-0.05, 0) is 31.2 Å². The first-order chi connectivity index (χ1) is 11.4. The first kappa shape index (κ1) is 15.9. The SMILES string of the molecule is CC(=O)OC[C@]12CO[C@H]3c4ccccc4O[C@](C)(C[C@@H]1C)[C@@H]3[C@@H]2C. The second-order valence-electron chi connectivity index (χ2n) is 8.12. The molecule has 0 N–H and O–H groups in total. The number of fused-ring (bicyclic) bond motifs is 3. The van der Waals surface area contributed by atoms with Gasteiger partial charge in [0, 0.05) is 23.8 Å². The number of carbonyl (C=O) groups is 1. The van der Waals surface area contributed by atoms with Gasteiger partial charge in [-0.1, -0.05) is 32.0 Å². The number of rotatable bonds is 2. The Bertz CT molecular complexity index is 671. The van der Waals surface area contributed by atoms with Crippen LogP contribution < -0.4 is 4.74 Å². The van der Waals surface area contributed by atoms with E-state index >= 15 is 0 Å². The lowest BCUT2D eigenvalue weighted by molar-refractivity contribution is -0.261. The van der Waals surface area contributed by atoms with Crippen LogP contribution in [0.2, 0.25) is 0 Å². The third kappa shape index (κ3) is 2.05. The van der Waals surface area contributed by atoms with Gasteiger partial charge in [0.15, 0.2) is 0 Å². The zero-order valence-corrected chi connectivity index (χ0v) is 14.9. The number of carbonyl (C=O) groups excluding carboxylic acids is 1. The molecule has 0 radical (unpaired) electrons. The standard InChI is InChI=1S/C20H26O4/c1-12-9-19(4)17-13(2)20(12,10-22-14(3)21)11-23-18(17)15-7-5-6-8-16(15)24-19/h5-8,12-13,17-18H,9-11H2,1-4H3/t12-,13-,17+,18-,19+,20-/m0/s1. The summed E-state index contributed by atoms with van der Waals surface area (Å²) in [5, 5.41) is 0. The van der Waals surface area contributed by atoms with Crippen LogP contribution in [0.1, 0.15) is 45.8 Å². The molecule has 1 aromatic carbocycles. The predicted octanol–water partition coefficient (Wildman–Crippen LogP) is 3.75. The number of para-hydroxylation sites is 1. The second kappa shape index (κ2) is 5.22. The van der Waals surface area contributed by atoms with Crippen LogP contribution in [0.25, 0.3) is 0 Å². The monoisotopic (exact) mass is 330 g/mol. The maximum atomic E-state index is 11.4. The molecule has 1 saturated carbocycles. The fourth-order valence-corrected chi connectivity index (χ4v) is 5.49. The highest BCUT2D eigenvalue weighted by Crippen LogP contribution is 2.63. The Morgan fingerprint density at radius 2 is 2.08 bits per heavy atom. The van der Waals surface area contributed by atoms with Crippen LogP contribution in [0.3, 0.4) is 0 Å². The van der Waals surface area contributed by atoms with E-state index in [0.29, 0.717) is 25.0 Å². The third-order valence-corrected chi connectivity index (χ3v) is 6.81. The summed E-state index contributed by atoms with van der Waals surface area (Å²) in [7, 11) is 0. The number of benzene rings is 1. The molecule has 0 aromatic heterocycles. The maximum absolute atomic E-state index is 11.4. The molecule has 1 saturated heterocycles. The van der Waals surface area contributed by atoms with Crippen molar-refractivity contribution in [2.24, 2.45) is 23.2 Å². The van der Waals surface area contributed by atoms with E-state index in [-0.39, 0.29) is 29.0 Å². The predicted molar refractivity (Wildman–Crippen MR) is 89.7 cm³/mol. The lowest BCUT2D eigenvalue weighted by Gasteiger charge is -2.63. The molecular formula is C20H26O4. The summed E-state index contributed by atoms with van der Waals surface area (Å²) in [6.07, 6.45) is 1.02. The van der Waals surface area contributed by atoms with Crippen LogP contribution in [0, 0.1) is 23.2 Å². The summed E-state index contributed by atoms with van der Waals surface area (Å²) in [5.74, 6) is 1.73. The Kier molecular flexibility index (Phi) is 3.47. The van der Waals surface area contributed by atoms with Gasteiger partial charge >= 0.3 is 5.97 Å². The topological polar surface area (TPSA) is 44.8 Å². The minimum atomic E-state index is -0.238. The van der Waals surface area contributed by atoms with Gasteiger partial charge in [-0.2, -0.15) is 0 Å². The maximum Gasteiger partial charge on any atom is 0.302 e. The summed E-state index contributed by atoms with van der Waals surface area (Å²) in [5.41, 5.74) is 0.794. The van der Waals surface area contributed by atoms with Crippen LogP contribution in [-0.2, 0) is 14.3 Å². The van der Waals surface area contributed by atoms with Gasteiger partial charge in [0.05, 0.1) is 19.3 Å². The van der Waals surface area contributed by atoms with Crippen LogP contribution in [-0.4, -0.2) is 24.8 Å². The third-order valence-electron chi connectivity index (χ3n) is 6.81. The molecule has 6 atom stereocenters. The molecule has 0 spiro atoms. The highest BCUT2D eigenvalue weighted by Gasteiger charge is 2.64. The lowest BCUT2D eigenvalue weighted by Crippen LogP contribution is -2.66. The minimum absolute atomic E-state index is 0.0629. The van der Waals surface area contributed by atoms with E-state index < -0.39 is 0 Å². The highest BCUT2D eigenvalue weighted by molar-refractivity contribution is 5.65. The summed E-state index contributed by atoms with van der Waals surface area (Å²) in [6.45, 7) is 9.30. The number of hydrogen-bond acceptors (Lipinski definition) is 4. The van der Waals surface area contributed by atoms with Gasteiger partial charge in [-0.25, -0.2) is 0 Å². The molecule has 2 bridgehead atoms. The molecule has 3 aliphatic rings. The average molecular weight is 330 g/mol. The fraction of sp³-hybridized carbons (Fsp3) is 0.650. The summed E-state index contributed by atoms with van der Waals surface area (Å²) in [4.78, 5) is 11.4. The zero-order chi connectivity index (χ0) is 17.1. The average Bonchev–Trinajstić information content (AvgIpc) is 2.52. The van der Waals surface area contributed by atoms with Crippen molar-refractivity contribution < 1.29 is 19.0 Å². The van der Waals surface area contributed by atoms with Crippen molar-refractivity contribution in [1.82, 2.24) is 0 Å². The first-order valence-electron chi connectivity index (χ1n) is 8.90. The fourth-order valence-electron chi connectivity index (χ4n) is 5.49. The van der Waals surface area contributed by atoms with Crippen molar-refractivity contribution in [3.05, 3.63) is 29.8 Å². The second-order valence-corrected chi connectivity index (χ2v) is 8.12. The van der Waals surface area contributed by atoms with Gasteiger partial charge in [-0.3, -0.25) is 4.79 Å². The van der Waals surface area contributed by atoms with Crippen LogP contribution in [0.5, 0.6) is 5.75 Å². The Morgan fingerprint density at radius 1 is 1.33 bits per heavy atom. The normalized spacial score (nSPS) is 42.7. The summed E-state index contributed by atoms with van der Waals surface area (Å²) in [6, 6.07) is 8.23. The molecule has 2 fully saturated rings. The van der Waals surface area contributed by atoms with Crippen LogP contribution in [0.15, 0.2) is 24.3 Å². The number of ether oxygens (including phenoxy) is 3. The molecule has 4 rings (SSSR count). The van der Waals surface area contributed by atoms with Crippen molar-refractivity contribution in [3.8, 4) is 5.75 Å². The summed E-state index contributed by atoms with van der Waals surface area (Å²) >= 11 is 0. The van der Waals surface area contributed by atoms with Crippen molar-refractivity contribution in [1.29, 1.82) is 0 Å². The smallest absolute Gasteiger partial charge is 0.302 e. The molecule has 2 heterocycles. The van der Waals surface area contributed by atoms with Gasteiger partial charge in [0.2, 0.25) is 0 Å². The van der Waals surface area contributed by atoms with E-state index in [1.165, 1.54) is 6.92 Å². The number of esters is 1. The molecule has 2 aliphatic heterocycles. The molecule has 1 aliphatic carbocycles. The van der Waals surface area contributed by atoms with E-state index in [0.717, 1.165) is 17.7 Å². The Balaban J connectivity index is 1.76. The van der Waals surface area contributed by atoms with E-state index in [1.807, 2.05) is 18.2 Å². The minimum Gasteiger partial charge on any atom is -0.487 e. The first-order valence-corrected chi connectivity index (χ1v) is 8.90. The molecule has 130 valence electrons. The van der Waals surface area contributed by atoms with E-state index in [1.54, 1.807) is 0 Å². The Morgan fingerprint density at radius 3 is 2.83 bits per heavy atom. The van der Waals surface area contributed by atoms with Gasteiger partial charge in [0.25, 0.3) is 0 Å². The molecule has 24 heavy (non-hydrogen) atoms. The van der Waals surface area contributed by atoms with Crippen molar-refractivity contribution in [2.45, 2.75) is 45.8 Å². The quantitative estimate of drug-likeness (QED) is 0.775. The van der Waals surface area contributed by atoms with Crippen molar-refractivity contribution >= 4 is 5.97 Å². The van der Waals surface area contributed by atoms with Gasteiger partial charge in [0.1, 0.15) is 11.4 Å². The number of hydrogen-bond donors (Lipinski definition) is 0. The van der Waals surface area contributed by atoms with E-state index in [9.17, 15) is 4.79 Å². The van der Waals surface area contributed by atoms with Crippen LogP contribution in [0.4, 0.5) is 0 Å². The largest absolute Gasteiger partial charge is 0.487 e. The molecule has 0 amide bonds. The lowest BCUT2D eigenvalue weighted by atomic mass is 9.50. The molecule has 1 aromatic rings. The van der Waals surface area contributed by atoms with Gasteiger partial charge in [-0.15, -0.1) is 0 Å². The molecule has 4 heteroatoms. The molecule has 4 nitrogen and oxygen atoms in total. The van der Waals surface area contributed by atoms with Crippen LogP contribution >= 0.6 is 0 Å². The zero-order valence-electron chi connectivity index (χ0n) is 14.9. The molecule has 0 unspecified atom stereocenters. The summed E-state index contributed by atoms with van der Waals surface area (Å²) < 4.78 is 18.4.